The van der Waals surface area contributed by atoms with Crippen molar-refractivity contribution in [3.8, 4) is 0 Å². The quantitative estimate of drug-likeness (QED) is 0.922. The molecule has 3 nitrogen and oxygen atoms in total. The molecule has 0 bridgehead atoms. The molecule has 0 radical (unpaired) electrons. The van der Waals surface area contributed by atoms with Gasteiger partial charge in [0.2, 0.25) is 0 Å². The van der Waals surface area contributed by atoms with E-state index < -0.39 is 5.60 Å². The Labute approximate surface area is 138 Å². The first-order valence-corrected chi connectivity index (χ1v) is 8.97. The highest BCUT2D eigenvalue weighted by Gasteiger charge is 2.35. The third-order valence-electron chi connectivity index (χ3n) is 5.24. The zero-order chi connectivity index (χ0) is 15.4. The molecular formula is C18H27ClN2O. The fraction of sp³-hybridized carbons (Fsp3) is 0.667. The van der Waals surface area contributed by atoms with E-state index in [2.05, 4.69) is 9.80 Å². The lowest BCUT2D eigenvalue weighted by Crippen LogP contribution is -2.45. The highest BCUT2D eigenvalue weighted by Crippen LogP contribution is 2.36. The topological polar surface area (TPSA) is 26.7 Å². The monoisotopic (exact) mass is 322 g/mol. The van der Waals surface area contributed by atoms with Gasteiger partial charge in [0.05, 0.1) is 5.60 Å². The van der Waals surface area contributed by atoms with Crippen LogP contribution in [-0.4, -0.2) is 54.2 Å². The summed E-state index contributed by atoms with van der Waals surface area (Å²) in [4.78, 5) is 5.07. The molecule has 2 aliphatic rings. The van der Waals surface area contributed by atoms with Crippen molar-refractivity contribution in [3.05, 3.63) is 34.9 Å². The molecule has 2 saturated heterocycles. The minimum absolute atomic E-state index is 0.687. The molecule has 22 heavy (non-hydrogen) atoms. The van der Waals surface area contributed by atoms with E-state index in [0.29, 0.717) is 5.02 Å². The van der Waals surface area contributed by atoms with Crippen LogP contribution in [0, 0.1) is 0 Å². The van der Waals surface area contributed by atoms with Crippen LogP contribution in [0.15, 0.2) is 24.3 Å². The van der Waals surface area contributed by atoms with Crippen LogP contribution < -0.4 is 0 Å². The highest BCUT2D eigenvalue weighted by atomic mass is 35.5. The van der Waals surface area contributed by atoms with Gasteiger partial charge in [-0.25, -0.2) is 0 Å². The molecule has 0 unspecified atom stereocenters. The van der Waals surface area contributed by atoms with E-state index in [-0.39, 0.29) is 0 Å². The molecule has 3 rings (SSSR count). The first kappa shape index (κ1) is 16.3. The van der Waals surface area contributed by atoms with Gasteiger partial charge < -0.3 is 14.9 Å². The van der Waals surface area contributed by atoms with Crippen LogP contribution in [0.1, 0.15) is 37.7 Å². The smallest absolute Gasteiger partial charge is 0.0935 e. The van der Waals surface area contributed by atoms with Crippen molar-refractivity contribution in [2.45, 2.75) is 37.7 Å². The van der Waals surface area contributed by atoms with Gasteiger partial charge in [0, 0.05) is 36.8 Å². The normalized spacial score (nSPS) is 23.5. The summed E-state index contributed by atoms with van der Waals surface area (Å²) in [5.41, 5.74) is 0.146. The molecule has 1 N–H and O–H groups in total. The number of hydrogen-bond acceptors (Lipinski definition) is 3. The SMILES string of the molecule is OC1(c2ccccc2Cl)CCN(CCN2CCCCC2)CC1. The number of nitrogens with zero attached hydrogens (tertiary/aromatic N) is 2. The summed E-state index contributed by atoms with van der Waals surface area (Å²) in [6.07, 6.45) is 5.65. The molecule has 4 heteroatoms. The lowest BCUT2D eigenvalue weighted by atomic mass is 9.84. The van der Waals surface area contributed by atoms with E-state index in [1.54, 1.807) is 0 Å². The summed E-state index contributed by atoms with van der Waals surface area (Å²) < 4.78 is 0. The summed E-state index contributed by atoms with van der Waals surface area (Å²) >= 11 is 6.27. The Morgan fingerprint density at radius 3 is 2.14 bits per heavy atom. The van der Waals surface area contributed by atoms with Gasteiger partial charge in [0.25, 0.3) is 0 Å². The Kier molecular flexibility index (Phi) is 5.40. The second-order valence-corrected chi connectivity index (χ2v) is 7.16. The molecule has 0 aliphatic carbocycles. The number of piperidine rings is 2. The first-order chi connectivity index (χ1) is 10.7. The van der Waals surface area contributed by atoms with Crippen LogP contribution in [0.3, 0.4) is 0 Å². The van der Waals surface area contributed by atoms with Gasteiger partial charge in [-0.15, -0.1) is 0 Å². The fourth-order valence-corrected chi connectivity index (χ4v) is 4.03. The minimum Gasteiger partial charge on any atom is -0.385 e. The number of likely N-dealkylation sites (tertiary alicyclic amines) is 2. The Morgan fingerprint density at radius 2 is 1.50 bits per heavy atom. The van der Waals surface area contributed by atoms with E-state index >= 15 is 0 Å². The highest BCUT2D eigenvalue weighted by molar-refractivity contribution is 6.31. The van der Waals surface area contributed by atoms with Crippen LogP contribution in [0.25, 0.3) is 0 Å². The molecule has 0 spiro atoms. The maximum absolute atomic E-state index is 10.9. The lowest BCUT2D eigenvalue weighted by molar-refractivity contribution is -0.0274. The van der Waals surface area contributed by atoms with Crippen LogP contribution >= 0.6 is 11.6 Å². The Balaban J connectivity index is 1.50. The van der Waals surface area contributed by atoms with E-state index in [4.69, 9.17) is 11.6 Å². The number of hydrogen-bond donors (Lipinski definition) is 1. The number of benzene rings is 1. The zero-order valence-corrected chi connectivity index (χ0v) is 14.1. The Morgan fingerprint density at radius 1 is 0.909 bits per heavy atom. The zero-order valence-electron chi connectivity index (χ0n) is 13.3. The Bertz CT molecular complexity index is 480. The largest absolute Gasteiger partial charge is 0.385 e. The van der Waals surface area contributed by atoms with Gasteiger partial charge in [-0.05, 0) is 44.8 Å². The standard InChI is InChI=1S/C18H27ClN2O/c19-17-7-3-2-6-16(17)18(22)8-12-21(13-9-18)15-14-20-10-4-1-5-11-20/h2-3,6-7,22H,1,4-5,8-15H2. The molecule has 2 heterocycles. The molecule has 0 saturated carbocycles. The molecule has 0 atom stereocenters. The van der Waals surface area contributed by atoms with Crippen molar-refractivity contribution >= 4 is 11.6 Å². The second kappa shape index (κ2) is 7.31. The third-order valence-corrected chi connectivity index (χ3v) is 5.57. The van der Waals surface area contributed by atoms with Crippen LogP contribution in [0.5, 0.6) is 0 Å². The molecule has 1 aromatic carbocycles. The molecule has 1 aromatic rings. The van der Waals surface area contributed by atoms with Gasteiger partial charge in [-0.1, -0.05) is 36.2 Å². The summed E-state index contributed by atoms with van der Waals surface area (Å²) in [7, 11) is 0. The number of aliphatic hydroxyl groups is 1. The molecule has 2 aliphatic heterocycles. The third kappa shape index (κ3) is 3.83. The van der Waals surface area contributed by atoms with E-state index in [1.165, 1.54) is 38.9 Å². The molecule has 122 valence electrons. The van der Waals surface area contributed by atoms with Crippen molar-refractivity contribution < 1.29 is 5.11 Å². The Hall–Kier alpha value is -0.610. The summed E-state index contributed by atoms with van der Waals surface area (Å²) in [5.74, 6) is 0. The fourth-order valence-electron chi connectivity index (χ4n) is 3.72. The number of rotatable bonds is 4. The average Bonchev–Trinajstić information content (AvgIpc) is 2.56. The second-order valence-electron chi connectivity index (χ2n) is 6.76. The van der Waals surface area contributed by atoms with Crippen molar-refractivity contribution in [2.75, 3.05) is 39.3 Å². The van der Waals surface area contributed by atoms with Crippen molar-refractivity contribution in [3.63, 3.8) is 0 Å². The maximum atomic E-state index is 10.9. The van der Waals surface area contributed by atoms with Gasteiger partial charge in [-0.2, -0.15) is 0 Å². The maximum Gasteiger partial charge on any atom is 0.0935 e. The average molecular weight is 323 g/mol. The lowest BCUT2D eigenvalue weighted by Gasteiger charge is -2.39. The summed E-state index contributed by atoms with van der Waals surface area (Å²) in [6, 6.07) is 7.72. The molecule has 0 aromatic heterocycles. The first-order valence-electron chi connectivity index (χ1n) is 8.59. The van der Waals surface area contributed by atoms with E-state index in [0.717, 1.165) is 38.0 Å². The number of halogens is 1. The van der Waals surface area contributed by atoms with Gasteiger partial charge in [0.1, 0.15) is 0 Å². The van der Waals surface area contributed by atoms with Crippen LogP contribution in [0.4, 0.5) is 0 Å². The van der Waals surface area contributed by atoms with Crippen molar-refractivity contribution in [1.82, 2.24) is 9.80 Å². The minimum atomic E-state index is -0.750. The van der Waals surface area contributed by atoms with Crippen LogP contribution in [-0.2, 0) is 5.60 Å². The van der Waals surface area contributed by atoms with Gasteiger partial charge in [0.15, 0.2) is 0 Å². The molecular weight excluding hydrogens is 296 g/mol. The molecule has 2 fully saturated rings. The predicted molar refractivity (Wildman–Crippen MR) is 91.3 cm³/mol. The summed E-state index contributed by atoms with van der Waals surface area (Å²) in [5, 5.41) is 11.6. The molecule has 0 amide bonds. The van der Waals surface area contributed by atoms with Gasteiger partial charge >= 0.3 is 0 Å². The van der Waals surface area contributed by atoms with Crippen molar-refractivity contribution in [2.24, 2.45) is 0 Å². The van der Waals surface area contributed by atoms with Gasteiger partial charge in [-0.3, -0.25) is 0 Å². The van der Waals surface area contributed by atoms with E-state index in [1.807, 2.05) is 24.3 Å². The predicted octanol–water partition coefficient (Wildman–Crippen LogP) is 3.11. The van der Waals surface area contributed by atoms with Crippen molar-refractivity contribution in [1.29, 1.82) is 0 Å². The summed E-state index contributed by atoms with van der Waals surface area (Å²) in [6.45, 7) is 6.73. The van der Waals surface area contributed by atoms with Crippen LogP contribution in [0.2, 0.25) is 5.02 Å². The van der Waals surface area contributed by atoms with E-state index in [9.17, 15) is 5.11 Å².